The number of rotatable bonds is 4. The maximum absolute atomic E-state index is 13.8. The van der Waals surface area contributed by atoms with E-state index in [-0.39, 0.29) is 17.5 Å². The molecule has 0 bridgehead atoms. The van der Waals surface area contributed by atoms with Crippen LogP contribution in [0, 0.1) is 11.7 Å². The highest BCUT2D eigenvalue weighted by Gasteiger charge is 2.30. The topological polar surface area (TPSA) is 97.1 Å². The maximum atomic E-state index is 13.8. The third kappa shape index (κ3) is 2.80. The molecular weight excluding hydrogens is 301 g/mol. The van der Waals surface area contributed by atoms with E-state index in [2.05, 4.69) is 31.3 Å². The molecule has 8 nitrogen and oxygen atoms in total. The second-order valence-corrected chi connectivity index (χ2v) is 5.33. The molecule has 0 spiro atoms. The van der Waals surface area contributed by atoms with Gasteiger partial charge in [0.1, 0.15) is 5.82 Å². The van der Waals surface area contributed by atoms with Crippen LogP contribution in [-0.2, 0) is 4.79 Å². The van der Waals surface area contributed by atoms with Crippen molar-refractivity contribution in [3.05, 3.63) is 36.1 Å². The third-order valence-corrected chi connectivity index (χ3v) is 3.51. The molecule has 23 heavy (non-hydrogen) atoms. The Kier molecular flexibility index (Phi) is 3.11. The lowest BCUT2D eigenvalue weighted by molar-refractivity contribution is -0.117. The molecule has 0 saturated heterocycles. The molecule has 2 heterocycles. The SMILES string of the molecule is O=C(Nc1cc(Nc2ccc3nnnn3n2)ccc1F)C1CC1. The molecule has 2 N–H and O–H groups in total. The number of tetrazole rings is 1. The maximum Gasteiger partial charge on any atom is 0.227 e. The van der Waals surface area contributed by atoms with E-state index in [1.165, 1.54) is 16.8 Å². The van der Waals surface area contributed by atoms with Crippen LogP contribution in [0.4, 0.5) is 21.6 Å². The highest BCUT2D eigenvalue weighted by Crippen LogP contribution is 2.31. The van der Waals surface area contributed by atoms with Crippen molar-refractivity contribution in [2.24, 2.45) is 5.92 Å². The fourth-order valence-corrected chi connectivity index (χ4v) is 2.14. The molecule has 1 fully saturated rings. The van der Waals surface area contributed by atoms with Gasteiger partial charge in [0.15, 0.2) is 11.5 Å². The fourth-order valence-electron chi connectivity index (χ4n) is 2.14. The van der Waals surface area contributed by atoms with Gasteiger partial charge in [0.2, 0.25) is 5.91 Å². The average Bonchev–Trinajstić information content (AvgIpc) is 3.29. The lowest BCUT2D eigenvalue weighted by Gasteiger charge is -2.10. The van der Waals surface area contributed by atoms with E-state index in [0.717, 1.165) is 12.8 Å². The van der Waals surface area contributed by atoms with E-state index in [1.807, 2.05) is 0 Å². The first-order chi connectivity index (χ1) is 11.2. The number of hydrogen-bond donors (Lipinski definition) is 2. The minimum absolute atomic E-state index is 0.00917. The van der Waals surface area contributed by atoms with Crippen LogP contribution in [0.2, 0.25) is 0 Å². The Morgan fingerprint density at radius 3 is 2.96 bits per heavy atom. The van der Waals surface area contributed by atoms with Gasteiger partial charge in [0, 0.05) is 11.6 Å². The second-order valence-electron chi connectivity index (χ2n) is 5.33. The van der Waals surface area contributed by atoms with Crippen molar-refractivity contribution in [3.63, 3.8) is 0 Å². The number of aromatic nitrogens is 5. The monoisotopic (exact) mass is 313 g/mol. The summed E-state index contributed by atoms with van der Waals surface area (Å²) in [4.78, 5) is 11.8. The summed E-state index contributed by atoms with van der Waals surface area (Å²) in [5.74, 6) is -0.117. The largest absolute Gasteiger partial charge is 0.339 e. The van der Waals surface area contributed by atoms with E-state index in [1.54, 1.807) is 18.2 Å². The first-order valence-corrected chi connectivity index (χ1v) is 7.12. The molecule has 0 aliphatic heterocycles. The van der Waals surface area contributed by atoms with E-state index in [9.17, 15) is 9.18 Å². The Balaban J connectivity index is 1.56. The Morgan fingerprint density at radius 2 is 2.13 bits per heavy atom. The quantitative estimate of drug-likeness (QED) is 0.761. The lowest BCUT2D eigenvalue weighted by atomic mass is 10.2. The Labute approximate surface area is 129 Å². The van der Waals surface area contributed by atoms with Crippen molar-refractivity contribution in [2.45, 2.75) is 12.8 Å². The van der Waals surface area contributed by atoms with Gasteiger partial charge in [-0.3, -0.25) is 4.79 Å². The summed E-state index contributed by atoms with van der Waals surface area (Å²) in [6.07, 6.45) is 1.72. The van der Waals surface area contributed by atoms with Gasteiger partial charge in [-0.2, -0.15) is 0 Å². The summed E-state index contributed by atoms with van der Waals surface area (Å²) < 4.78 is 15.1. The number of carbonyl (C=O) groups is 1. The minimum atomic E-state index is -0.478. The number of halogens is 1. The molecule has 4 rings (SSSR count). The number of benzene rings is 1. The molecule has 0 unspecified atom stereocenters. The number of anilines is 3. The number of fused-ring (bicyclic) bond motifs is 1. The summed E-state index contributed by atoms with van der Waals surface area (Å²) in [6.45, 7) is 0. The zero-order valence-corrected chi connectivity index (χ0v) is 11.9. The standard InChI is InChI=1S/C14H12FN7O/c15-10-4-3-9(7-11(10)17-14(23)8-1-2-8)16-12-5-6-13-18-20-21-22(13)19-12/h3-8H,1-2H2,(H,16,19)(H,17,23). The summed E-state index contributed by atoms with van der Waals surface area (Å²) in [5.41, 5.74) is 1.26. The molecule has 116 valence electrons. The molecule has 0 atom stereocenters. The van der Waals surface area contributed by atoms with Crippen molar-refractivity contribution < 1.29 is 9.18 Å². The van der Waals surface area contributed by atoms with E-state index >= 15 is 0 Å². The van der Waals surface area contributed by atoms with Gasteiger partial charge < -0.3 is 10.6 Å². The predicted molar refractivity (Wildman–Crippen MR) is 79.6 cm³/mol. The van der Waals surface area contributed by atoms with Crippen LogP contribution in [0.1, 0.15) is 12.8 Å². The number of amides is 1. The van der Waals surface area contributed by atoms with Crippen LogP contribution in [-0.4, -0.2) is 31.2 Å². The van der Waals surface area contributed by atoms with Crippen molar-refractivity contribution in [1.29, 1.82) is 0 Å². The molecule has 1 aliphatic rings. The molecule has 1 aliphatic carbocycles. The smallest absolute Gasteiger partial charge is 0.227 e. The molecule has 1 aromatic carbocycles. The molecular formula is C14H12FN7O. The van der Waals surface area contributed by atoms with Gasteiger partial charge in [0.05, 0.1) is 5.69 Å². The fraction of sp³-hybridized carbons (Fsp3) is 0.214. The van der Waals surface area contributed by atoms with E-state index < -0.39 is 5.82 Å². The van der Waals surface area contributed by atoms with Crippen LogP contribution in [0.3, 0.4) is 0 Å². The molecule has 9 heteroatoms. The Bertz CT molecular complexity index is 890. The second kappa shape index (κ2) is 5.27. The normalized spacial score (nSPS) is 14.0. The summed E-state index contributed by atoms with van der Waals surface area (Å²) in [6, 6.07) is 7.79. The van der Waals surface area contributed by atoms with Gasteiger partial charge in [0.25, 0.3) is 0 Å². The van der Waals surface area contributed by atoms with Crippen molar-refractivity contribution in [3.8, 4) is 0 Å². The highest BCUT2D eigenvalue weighted by atomic mass is 19.1. The lowest BCUT2D eigenvalue weighted by Crippen LogP contribution is -2.14. The predicted octanol–water partition coefficient (Wildman–Crippen LogP) is 1.75. The van der Waals surface area contributed by atoms with Gasteiger partial charge in [-0.15, -0.1) is 14.8 Å². The van der Waals surface area contributed by atoms with Crippen molar-refractivity contribution in [1.82, 2.24) is 25.3 Å². The van der Waals surface area contributed by atoms with E-state index in [0.29, 0.717) is 17.2 Å². The van der Waals surface area contributed by atoms with Crippen LogP contribution in [0.15, 0.2) is 30.3 Å². The first kappa shape index (κ1) is 13.6. The van der Waals surface area contributed by atoms with Gasteiger partial charge in [-0.1, -0.05) is 0 Å². The molecule has 3 aromatic rings. The summed E-state index contributed by atoms with van der Waals surface area (Å²) in [7, 11) is 0. The zero-order valence-electron chi connectivity index (χ0n) is 11.9. The minimum Gasteiger partial charge on any atom is -0.339 e. The highest BCUT2D eigenvalue weighted by molar-refractivity contribution is 5.94. The van der Waals surface area contributed by atoms with Crippen LogP contribution < -0.4 is 10.6 Å². The third-order valence-electron chi connectivity index (χ3n) is 3.51. The van der Waals surface area contributed by atoms with Gasteiger partial charge >= 0.3 is 0 Å². The number of carbonyl (C=O) groups excluding carboxylic acids is 1. The molecule has 1 amide bonds. The van der Waals surface area contributed by atoms with Crippen LogP contribution in [0.25, 0.3) is 5.65 Å². The van der Waals surface area contributed by atoms with Gasteiger partial charge in [-0.05, 0) is 53.6 Å². The van der Waals surface area contributed by atoms with Crippen molar-refractivity contribution >= 4 is 28.7 Å². The number of nitrogens with one attached hydrogen (secondary N) is 2. The van der Waals surface area contributed by atoms with Gasteiger partial charge in [-0.25, -0.2) is 4.39 Å². The summed E-state index contributed by atoms with van der Waals surface area (Å²) >= 11 is 0. The molecule has 2 aromatic heterocycles. The van der Waals surface area contributed by atoms with Crippen LogP contribution in [0.5, 0.6) is 0 Å². The molecule has 1 saturated carbocycles. The van der Waals surface area contributed by atoms with Crippen LogP contribution >= 0.6 is 0 Å². The summed E-state index contributed by atoms with van der Waals surface area (Å²) in [5, 5.41) is 20.8. The Morgan fingerprint density at radius 1 is 1.26 bits per heavy atom. The Hall–Kier alpha value is -3.10. The number of nitrogens with zero attached hydrogens (tertiary/aromatic N) is 5. The molecule has 0 radical (unpaired) electrons. The number of hydrogen-bond acceptors (Lipinski definition) is 6. The first-order valence-electron chi connectivity index (χ1n) is 7.12. The van der Waals surface area contributed by atoms with Crippen molar-refractivity contribution in [2.75, 3.05) is 10.6 Å². The van der Waals surface area contributed by atoms with E-state index in [4.69, 9.17) is 0 Å². The average molecular weight is 313 g/mol. The zero-order chi connectivity index (χ0) is 15.8.